The van der Waals surface area contributed by atoms with Crippen LogP contribution >= 0.6 is 15.9 Å². The number of aryl methyl sites for hydroxylation is 2. The highest BCUT2D eigenvalue weighted by atomic mass is 79.9. The lowest BCUT2D eigenvalue weighted by Crippen LogP contribution is -2.38. The van der Waals surface area contributed by atoms with Crippen LogP contribution in [0.3, 0.4) is 0 Å². The van der Waals surface area contributed by atoms with E-state index in [0.717, 1.165) is 19.4 Å². The first-order chi connectivity index (χ1) is 9.42. The fourth-order valence-corrected chi connectivity index (χ4v) is 3.56. The molecule has 1 heterocycles. The summed E-state index contributed by atoms with van der Waals surface area (Å²) in [6.45, 7) is 12.4. The summed E-state index contributed by atoms with van der Waals surface area (Å²) in [4.78, 5) is 0. The van der Waals surface area contributed by atoms with E-state index < -0.39 is 0 Å². The van der Waals surface area contributed by atoms with E-state index in [4.69, 9.17) is 0 Å². The molecule has 0 spiro atoms. The molecule has 0 fully saturated rings. The molecule has 20 heavy (non-hydrogen) atoms. The van der Waals surface area contributed by atoms with Crippen LogP contribution in [0.1, 0.15) is 52.4 Å². The third kappa shape index (κ3) is 4.32. The van der Waals surface area contributed by atoms with Crippen molar-refractivity contribution >= 4 is 15.9 Å². The van der Waals surface area contributed by atoms with Gasteiger partial charge in [0.25, 0.3) is 0 Å². The summed E-state index contributed by atoms with van der Waals surface area (Å²) >= 11 is 3.74. The van der Waals surface area contributed by atoms with Gasteiger partial charge in [0, 0.05) is 13.1 Å². The highest BCUT2D eigenvalue weighted by molar-refractivity contribution is 9.10. The van der Waals surface area contributed by atoms with E-state index in [1.54, 1.807) is 0 Å². The van der Waals surface area contributed by atoms with Crippen LogP contribution in [-0.4, -0.2) is 22.4 Å². The van der Waals surface area contributed by atoms with E-state index in [1.165, 1.54) is 22.3 Å². The van der Waals surface area contributed by atoms with Gasteiger partial charge >= 0.3 is 0 Å². The Kier molecular flexibility index (Phi) is 7.24. The van der Waals surface area contributed by atoms with E-state index in [9.17, 15) is 0 Å². The lowest BCUT2D eigenvalue weighted by molar-refractivity contribution is 0.284. The fraction of sp³-hybridized carbons (Fsp3) is 0.812. The van der Waals surface area contributed by atoms with Crippen LogP contribution in [0.5, 0.6) is 0 Å². The highest BCUT2D eigenvalue weighted by Crippen LogP contribution is 2.28. The van der Waals surface area contributed by atoms with Crippen molar-refractivity contribution < 1.29 is 0 Å². The van der Waals surface area contributed by atoms with Crippen molar-refractivity contribution in [3.05, 3.63) is 15.9 Å². The summed E-state index contributed by atoms with van der Waals surface area (Å²) in [5.74, 6) is 1.28. The summed E-state index contributed by atoms with van der Waals surface area (Å²) in [7, 11) is 2.06. The zero-order valence-corrected chi connectivity index (χ0v) is 15.4. The molecular formula is C16H30BrN3. The molecule has 0 saturated carbocycles. The van der Waals surface area contributed by atoms with Crippen LogP contribution in [0.25, 0.3) is 0 Å². The van der Waals surface area contributed by atoms with Crippen molar-refractivity contribution in [1.29, 1.82) is 0 Å². The van der Waals surface area contributed by atoms with Crippen LogP contribution in [0.15, 0.2) is 4.47 Å². The van der Waals surface area contributed by atoms with E-state index >= 15 is 0 Å². The summed E-state index contributed by atoms with van der Waals surface area (Å²) in [6, 6.07) is 0.529. The average Bonchev–Trinajstić information content (AvgIpc) is 2.67. The smallest absolute Gasteiger partial charge is 0.0766 e. The number of hydrogen-bond donors (Lipinski definition) is 1. The van der Waals surface area contributed by atoms with Crippen molar-refractivity contribution in [3.63, 3.8) is 0 Å². The van der Waals surface area contributed by atoms with Gasteiger partial charge in [0.2, 0.25) is 0 Å². The SMILES string of the molecule is CCCNC(C)C(Cc1c(Br)c(CC)nn1C)C(C)C. The van der Waals surface area contributed by atoms with Gasteiger partial charge in [-0.1, -0.05) is 27.7 Å². The summed E-state index contributed by atoms with van der Waals surface area (Å²) in [5.41, 5.74) is 2.49. The highest BCUT2D eigenvalue weighted by Gasteiger charge is 2.24. The Morgan fingerprint density at radius 3 is 2.35 bits per heavy atom. The Balaban J connectivity index is 2.88. The monoisotopic (exact) mass is 343 g/mol. The molecule has 1 aromatic rings. The van der Waals surface area contributed by atoms with Crippen LogP contribution in [-0.2, 0) is 19.9 Å². The number of hydrogen-bond acceptors (Lipinski definition) is 2. The Morgan fingerprint density at radius 1 is 1.25 bits per heavy atom. The quantitative estimate of drug-likeness (QED) is 0.774. The normalized spacial score (nSPS) is 14.8. The van der Waals surface area contributed by atoms with Crippen LogP contribution in [0.4, 0.5) is 0 Å². The van der Waals surface area contributed by atoms with E-state index in [0.29, 0.717) is 17.9 Å². The van der Waals surface area contributed by atoms with Crippen LogP contribution in [0.2, 0.25) is 0 Å². The number of aromatic nitrogens is 2. The van der Waals surface area contributed by atoms with E-state index in [2.05, 4.69) is 68.0 Å². The van der Waals surface area contributed by atoms with Crippen LogP contribution in [0, 0.1) is 11.8 Å². The van der Waals surface area contributed by atoms with Gasteiger partial charge in [-0.05, 0) is 60.5 Å². The molecule has 0 aromatic carbocycles. The second-order valence-corrected chi connectivity index (χ2v) is 6.83. The molecule has 0 amide bonds. The van der Waals surface area contributed by atoms with Gasteiger partial charge in [-0.25, -0.2) is 0 Å². The zero-order valence-electron chi connectivity index (χ0n) is 13.8. The minimum atomic E-state index is 0.529. The maximum absolute atomic E-state index is 4.61. The third-order valence-corrected chi connectivity index (χ3v) is 5.06. The summed E-state index contributed by atoms with van der Waals surface area (Å²) in [5, 5.41) is 8.26. The molecule has 0 bridgehead atoms. The van der Waals surface area contributed by atoms with Crippen molar-refractivity contribution in [3.8, 4) is 0 Å². The standard InChI is InChI=1S/C16H30BrN3/c1-7-9-18-12(5)13(11(3)4)10-15-16(17)14(8-2)19-20(15)6/h11-13,18H,7-10H2,1-6H3. The van der Waals surface area contributed by atoms with Gasteiger partial charge in [-0.15, -0.1) is 0 Å². The average molecular weight is 344 g/mol. The van der Waals surface area contributed by atoms with Gasteiger partial charge < -0.3 is 5.32 Å². The Morgan fingerprint density at radius 2 is 1.90 bits per heavy atom. The lowest BCUT2D eigenvalue weighted by atomic mass is 9.85. The minimum absolute atomic E-state index is 0.529. The number of nitrogens with one attached hydrogen (secondary N) is 1. The molecular weight excluding hydrogens is 314 g/mol. The Bertz CT molecular complexity index is 412. The molecule has 0 saturated heterocycles. The summed E-state index contributed by atoms with van der Waals surface area (Å²) in [6.07, 6.45) is 3.23. The van der Waals surface area contributed by atoms with E-state index in [-0.39, 0.29) is 0 Å². The predicted octanol–water partition coefficient (Wildman–Crippen LogP) is 3.95. The number of rotatable bonds is 8. The first kappa shape index (κ1) is 17.7. The van der Waals surface area contributed by atoms with Crippen LogP contribution < -0.4 is 5.32 Å². The number of nitrogens with zero attached hydrogens (tertiary/aromatic N) is 2. The molecule has 1 N–H and O–H groups in total. The zero-order chi connectivity index (χ0) is 15.3. The van der Waals surface area contributed by atoms with Gasteiger partial charge in [-0.3, -0.25) is 4.68 Å². The van der Waals surface area contributed by atoms with Gasteiger partial charge in [0.05, 0.1) is 15.9 Å². The van der Waals surface area contributed by atoms with Crippen molar-refractivity contribution in [2.75, 3.05) is 6.54 Å². The largest absolute Gasteiger partial charge is 0.314 e. The fourth-order valence-electron chi connectivity index (χ4n) is 2.78. The topological polar surface area (TPSA) is 29.9 Å². The molecule has 0 radical (unpaired) electrons. The van der Waals surface area contributed by atoms with Crippen molar-refractivity contribution in [2.45, 2.75) is 59.9 Å². The maximum atomic E-state index is 4.61. The molecule has 0 aliphatic rings. The molecule has 0 aliphatic carbocycles. The first-order valence-corrected chi connectivity index (χ1v) is 8.65. The lowest BCUT2D eigenvalue weighted by Gasteiger charge is -2.28. The van der Waals surface area contributed by atoms with Gasteiger partial charge in [0.15, 0.2) is 0 Å². The van der Waals surface area contributed by atoms with E-state index in [1.807, 2.05) is 4.68 Å². The predicted molar refractivity (Wildman–Crippen MR) is 90.1 cm³/mol. The van der Waals surface area contributed by atoms with Gasteiger partial charge in [-0.2, -0.15) is 5.10 Å². The first-order valence-electron chi connectivity index (χ1n) is 7.85. The third-order valence-electron chi connectivity index (χ3n) is 4.15. The molecule has 1 aromatic heterocycles. The Labute approximate surface area is 132 Å². The Hall–Kier alpha value is -0.350. The van der Waals surface area contributed by atoms with Gasteiger partial charge in [0.1, 0.15) is 0 Å². The number of halogens is 1. The van der Waals surface area contributed by atoms with Crippen molar-refractivity contribution in [2.24, 2.45) is 18.9 Å². The molecule has 2 unspecified atom stereocenters. The molecule has 1 rings (SSSR count). The second kappa shape index (κ2) is 8.18. The minimum Gasteiger partial charge on any atom is -0.314 e. The molecule has 2 atom stereocenters. The molecule has 4 heteroatoms. The molecule has 3 nitrogen and oxygen atoms in total. The molecule has 116 valence electrons. The second-order valence-electron chi connectivity index (χ2n) is 6.04. The maximum Gasteiger partial charge on any atom is 0.0766 e. The van der Waals surface area contributed by atoms with Crippen molar-refractivity contribution in [1.82, 2.24) is 15.1 Å². The summed E-state index contributed by atoms with van der Waals surface area (Å²) < 4.78 is 3.25. The molecule has 0 aliphatic heterocycles.